The number of likely N-dealkylation sites (tertiary alicyclic amines) is 1. The maximum absolute atomic E-state index is 13.2. The van der Waals surface area contributed by atoms with Gasteiger partial charge in [-0.05, 0) is 74.7 Å². The number of anilines is 1. The van der Waals surface area contributed by atoms with Crippen LogP contribution in [0.1, 0.15) is 78.9 Å². The lowest BCUT2D eigenvalue weighted by Crippen LogP contribution is -2.29. The zero-order chi connectivity index (χ0) is 24.4. The molecule has 1 aliphatic carbocycles. The third-order valence-corrected chi connectivity index (χ3v) is 7.23. The van der Waals surface area contributed by atoms with Gasteiger partial charge in [-0.15, -0.1) is 0 Å². The van der Waals surface area contributed by atoms with Crippen molar-refractivity contribution < 1.29 is 18.0 Å². The number of alkyl halides is 3. The van der Waals surface area contributed by atoms with Crippen LogP contribution in [-0.4, -0.2) is 33.4 Å². The predicted molar refractivity (Wildman–Crippen MR) is 130 cm³/mol. The highest BCUT2D eigenvalue weighted by molar-refractivity contribution is 6.04. The van der Waals surface area contributed by atoms with Crippen molar-refractivity contribution in [2.45, 2.75) is 70.1 Å². The molecular formula is C27H31F3N4O. The van der Waals surface area contributed by atoms with E-state index in [4.69, 9.17) is 4.98 Å². The Morgan fingerprint density at radius 3 is 2.46 bits per heavy atom. The van der Waals surface area contributed by atoms with Gasteiger partial charge in [-0.3, -0.25) is 15.0 Å². The van der Waals surface area contributed by atoms with E-state index in [0.717, 1.165) is 68.5 Å². The second-order valence-electron chi connectivity index (χ2n) is 9.79. The molecule has 3 aromatic rings. The summed E-state index contributed by atoms with van der Waals surface area (Å²) in [6, 6.07) is 11.0. The Morgan fingerprint density at radius 2 is 1.71 bits per heavy atom. The number of carbonyl (C=O) groups is 1. The summed E-state index contributed by atoms with van der Waals surface area (Å²) in [7, 11) is 0. The van der Waals surface area contributed by atoms with Crippen LogP contribution in [0.25, 0.3) is 11.0 Å². The van der Waals surface area contributed by atoms with Crippen molar-refractivity contribution in [2.75, 3.05) is 18.4 Å². The summed E-state index contributed by atoms with van der Waals surface area (Å²) in [5, 5.41) is 2.83. The van der Waals surface area contributed by atoms with E-state index in [9.17, 15) is 18.0 Å². The third-order valence-electron chi connectivity index (χ3n) is 7.23. The van der Waals surface area contributed by atoms with Gasteiger partial charge in [0.2, 0.25) is 5.95 Å². The van der Waals surface area contributed by atoms with E-state index >= 15 is 0 Å². The quantitative estimate of drug-likeness (QED) is 0.433. The third kappa shape index (κ3) is 5.37. The number of carbonyl (C=O) groups excluding carboxylic acids is 1. The summed E-state index contributed by atoms with van der Waals surface area (Å²) >= 11 is 0. The van der Waals surface area contributed by atoms with Crippen molar-refractivity contribution in [1.82, 2.24) is 14.5 Å². The van der Waals surface area contributed by atoms with Gasteiger partial charge in [-0.25, -0.2) is 4.98 Å². The fraction of sp³-hybridized carbons (Fsp3) is 0.481. The average molecular weight is 485 g/mol. The van der Waals surface area contributed by atoms with Crippen molar-refractivity contribution in [2.24, 2.45) is 0 Å². The number of benzene rings is 2. The molecule has 1 amide bonds. The Labute approximate surface area is 203 Å². The minimum absolute atomic E-state index is 0.0344. The van der Waals surface area contributed by atoms with E-state index in [1.807, 2.05) is 0 Å². The molecule has 35 heavy (non-hydrogen) atoms. The van der Waals surface area contributed by atoms with Crippen LogP contribution < -0.4 is 5.32 Å². The van der Waals surface area contributed by atoms with Crippen molar-refractivity contribution in [1.29, 1.82) is 0 Å². The van der Waals surface area contributed by atoms with Crippen LogP contribution in [0, 0.1) is 0 Å². The first-order valence-corrected chi connectivity index (χ1v) is 12.6. The van der Waals surface area contributed by atoms with Crippen LogP contribution in [0.15, 0.2) is 42.5 Å². The molecule has 1 N–H and O–H groups in total. The van der Waals surface area contributed by atoms with Gasteiger partial charge in [0.1, 0.15) is 0 Å². The lowest BCUT2D eigenvalue weighted by atomic mass is 9.95. The molecule has 0 unspecified atom stereocenters. The second kappa shape index (κ2) is 10.0. The molecule has 0 radical (unpaired) electrons. The smallest absolute Gasteiger partial charge is 0.307 e. The van der Waals surface area contributed by atoms with Crippen LogP contribution >= 0.6 is 0 Å². The minimum Gasteiger partial charge on any atom is -0.307 e. The molecule has 0 spiro atoms. The number of hydrogen-bond acceptors (Lipinski definition) is 3. The van der Waals surface area contributed by atoms with Gasteiger partial charge < -0.3 is 4.57 Å². The standard InChI is InChI=1S/C27H31F3N4O/c28-27(29,30)21-9-7-8-20(17-21)25(35)32-26-31-23-16-19(18-33-14-5-2-6-15-33)12-13-24(23)34(26)22-10-3-1-4-11-22/h7-9,12-13,16-17,22H,1-6,10-11,14-15,18H2,(H,31,32,35). The monoisotopic (exact) mass is 484 g/mol. The summed E-state index contributed by atoms with van der Waals surface area (Å²) in [6.07, 6.45) is 4.63. The maximum Gasteiger partial charge on any atom is 0.416 e. The van der Waals surface area contributed by atoms with E-state index in [1.165, 1.54) is 43.4 Å². The fourth-order valence-corrected chi connectivity index (χ4v) is 5.43. The first-order chi connectivity index (χ1) is 16.9. The Balaban J connectivity index is 1.46. The molecule has 5 nitrogen and oxygen atoms in total. The first kappa shape index (κ1) is 23.9. The molecule has 1 saturated carbocycles. The van der Waals surface area contributed by atoms with Crippen LogP contribution in [0.2, 0.25) is 0 Å². The SMILES string of the molecule is O=C(Nc1nc2cc(CN3CCCCC3)ccc2n1C1CCCCC1)c1cccc(C(F)(F)F)c1. The summed E-state index contributed by atoms with van der Waals surface area (Å²) in [5.74, 6) is -0.179. The van der Waals surface area contributed by atoms with Gasteiger partial charge in [-0.1, -0.05) is 37.8 Å². The van der Waals surface area contributed by atoms with Crippen molar-refractivity contribution in [3.63, 3.8) is 0 Å². The number of aromatic nitrogens is 2. The lowest BCUT2D eigenvalue weighted by molar-refractivity contribution is -0.137. The summed E-state index contributed by atoms with van der Waals surface area (Å²) < 4.78 is 41.6. The molecule has 1 aromatic heterocycles. The molecule has 5 rings (SSSR count). The number of imidazole rings is 1. The minimum atomic E-state index is -4.50. The van der Waals surface area contributed by atoms with Crippen molar-refractivity contribution >= 4 is 22.9 Å². The number of fused-ring (bicyclic) bond motifs is 1. The van der Waals surface area contributed by atoms with E-state index in [1.54, 1.807) is 0 Å². The molecule has 186 valence electrons. The molecule has 0 bridgehead atoms. The topological polar surface area (TPSA) is 50.2 Å². The molecule has 1 aliphatic heterocycles. The molecule has 2 aliphatic rings. The number of piperidine rings is 1. The van der Waals surface area contributed by atoms with Crippen LogP contribution in [-0.2, 0) is 12.7 Å². The summed E-state index contributed by atoms with van der Waals surface area (Å²) in [5.41, 5.74) is 2.08. The van der Waals surface area contributed by atoms with Gasteiger partial charge >= 0.3 is 6.18 Å². The number of nitrogens with zero attached hydrogens (tertiary/aromatic N) is 3. The molecular weight excluding hydrogens is 453 g/mol. The van der Waals surface area contributed by atoms with Gasteiger partial charge in [0, 0.05) is 18.2 Å². The van der Waals surface area contributed by atoms with Crippen LogP contribution in [0.3, 0.4) is 0 Å². The molecule has 2 fully saturated rings. The maximum atomic E-state index is 13.2. The summed E-state index contributed by atoms with van der Waals surface area (Å²) in [6.45, 7) is 3.08. The van der Waals surface area contributed by atoms with E-state index < -0.39 is 17.6 Å². The Morgan fingerprint density at radius 1 is 0.971 bits per heavy atom. The van der Waals surface area contributed by atoms with Crippen LogP contribution in [0.4, 0.5) is 19.1 Å². The van der Waals surface area contributed by atoms with Gasteiger partial charge in [0.05, 0.1) is 16.6 Å². The Kier molecular flexibility index (Phi) is 6.82. The zero-order valence-electron chi connectivity index (χ0n) is 19.8. The predicted octanol–water partition coefficient (Wildman–Crippen LogP) is 6.80. The number of rotatable bonds is 5. The highest BCUT2D eigenvalue weighted by atomic mass is 19.4. The number of nitrogens with one attached hydrogen (secondary N) is 1. The van der Waals surface area contributed by atoms with Crippen LogP contribution in [0.5, 0.6) is 0 Å². The van der Waals surface area contributed by atoms with Gasteiger partial charge in [0.15, 0.2) is 0 Å². The highest BCUT2D eigenvalue weighted by Crippen LogP contribution is 2.35. The molecule has 1 saturated heterocycles. The lowest BCUT2D eigenvalue weighted by Gasteiger charge is -2.26. The molecule has 2 heterocycles. The number of halogens is 3. The van der Waals surface area contributed by atoms with E-state index in [-0.39, 0.29) is 11.6 Å². The van der Waals surface area contributed by atoms with E-state index in [2.05, 4.69) is 33.0 Å². The van der Waals surface area contributed by atoms with E-state index in [0.29, 0.717) is 5.95 Å². The van der Waals surface area contributed by atoms with Gasteiger partial charge in [-0.2, -0.15) is 13.2 Å². The largest absolute Gasteiger partial charge is 0.416 e. The Bertz CT molecular complexity index is 1190. The molecule has 8 heteroatoms. The zero-order valence-corrected chi connectivity index (χ0v) is 19.8. The number of amides is 1. The summed E-state index contributed by atoms with van der Waals surface area (Å²) in [4.78, 5) is 20.2. The van der Waals surface area contributed by atoms with Crippen molar-refractivity contribution in [3.8, 4) is 0 Å². The molecule has 0 atom stereocenters. The van der Waals surface area contributed by atoms with Gasteiger partial charge in [0.25, 0.3) is 5.91 Å². The fourth-order valence-electron chi connectivity index (χ4n) is 5.43. The average Bonchev–Trinajstić information content (AvgIpc) is 3.21. The van der Waals surface area contributed by atoms with Crippen molar-refractivity contribution in [3.05, 3.63) is 59.2 Å². The first-order valence-electron chi connectivity index (χ1n) is 12.6. The second-order valence-corrected chi connectivity index (χ2v) is 9.79. The number of hydrogen-bond donors (Lipinski definition) is 1. The molecule has 2 aromatic carbocycles. The highest BCUT2D eigenvalue weighted by Gasteiger charge is 2.31. The normalized spacial score (nSPS) is 18.1. The Hall–Kier alpha value is -2.87.